The molecule has 0 N–H and O–H groups in total. The second-order valence-electron chi connectivity index (χ2n) is 4.74. The number of hydrogen-bond donors (Lipinski definition) is 0. The van der Waals surface area contributed by atoms with E-state index in [1.54, 1.807) is 6.07 Å². The smallest absolute Gasteiger partial charge is 0.151 e. The minimum Gasteiger partial charge on any atom is -0.252 e. The third-order valence-corrected chi connectivity index (χ3v) is 4.63. The van der Waals surface area contributed by atoms with E-state index in [0.29, 0.717) is 5.56 Å². The maximum Gasteiger partial charge on any atom is 0.151 e. The zero-order chi connectivity index (χ0) is 14.0. The fourth-order valence-corrected chi connectivity index (χ4v) is 3.47. The van der Waals surface area contributed by atoms with Crippen LogP contribution in [0.15, 0.2) is 25.0 Å². The Morgan fingerprint density at radius 3 is 2.26 bits per heavy atom. The molecule has 0 amide bonds. The first kappa shape index (κ1) is 14.7. The molecule has 19 heavy (non-hydrogen) atoms. The first-order chi connectivity index (χ1) is 9.06. The van der Waals surface area contributed by atoms with E-state index >= 15 is 0 Å². The van der Waals surface area contributed by atoms with Gasteiger partial charge in [0.25, 0.3) is 0 Å². The number of rotatable bonds is 4. The molecule has 0 saturated heterocycles. The second-order valence-corrected chi connectivity index (χ2v) is 6.38. The molecule has 1 aromatic rings. The molecule has 0 fully saturated rings. The summed E-state index contributed by atoms with van der Waals surface area (Å²) >= 11 is 6.98. The number of halogens is 2. The van der Waals surface area contributed by atoms with Gasteiger partial charge >= 0.3 is 0 Å². The maximum absolute atomic E-state index is 9.14. The molecule has 0 atom stereocenters. The van der Waals surface area contributed by atoms with Gasteiger partial charge in [-0.1, -0.05) is 26.7 Å². The lowest BCUT2D eigenvalue weighted by atomic mass is 10.0. The summed E-state index contributed by atoms with van der Waals surface area (Å²) in [5, 5.41) is 10.8. The van der Waals surface area contributed by atoms with Gasteiger partial charge in [-0.2, -0.15) is 5.26 Å². The van der Waals surface area contributed by atoms with E-state index in [9.17, 15) is 0 Å². The number of hydrogen-bond acceptors (Lipinski definition) is 3. The molecule has 0 aliphatic carbocycles. The van der Waals surface area contributed by atoms with Crippen molar-refractivity contribution in [3.63, 3.8) is 0 Å². The van der Waals surface area contributed by atoms with E-state index < -0.39 is 0 Å². The SMILES string of the molecule is CCCC1(CCC)N=c2c(Br)cc(C#N)c(Br)c2=N1. The Bertz CT molecular complexity index is 653. The van der Waals surface area contributed by atoms with Gasteiger partial charge in [-0.05, 0) is 50.8 Å². The Kier molecular flexibility index (Phi) is 4.42. The normalized spacial score (nSPS) is 15.3. The van der Waals surface area contributed by atoms with Gasteiger partial charge in [0.1, 0.15) is 16.8 Å². The lowest BCUT2D eigenvalue weighted by Crippen LogP contribution is -2.25. The molecule has 3 nitrogen and oxygen atoms in total. The van der Waals surface area contributed by atoms with Crippen molar-refractivity contribution < 1.29 is 0 Å². The minimum absolute atomic E-state index is 0.342. The minimum atomic E-state index is -0.342. The molecular weight excluding hydrogens is 370 g/mol. The summed E-state index contributed by atoms with van der Waals surface area (Å²) in [5.41, 5.74) is 0.249. The number of nitriles is 1. The van der Waals surface area contributed by atoms with Gasteiger partial charge in [0.2, 0.25) is 0 Å². The Labute approximate surface area is 129 Å². The molecule has 0 radical (unpaired) electrons. The van der Waals surface area contributed by atoms with Crippen molar-refractivity contribution in [2.45, 2.75) is 45.2 Å². The van der Waals surface area contributed by atoms with Gasteiger partial charge < -0.3 is 0 Å². The van der Waals surface area contributed by atoms with Crippen molar-refractivity contribution in [2.75, 3.05) is 0 Å². The lowest BCUT2D eigenvalue weighted by molar-refractivity contribution is 0.374. The predicted octanol–water partition coefficient (Wildman–Crippen LogP) is 3.63. The standard InChI is InChI=1S/C14H15Br2N3/c1-3-5-14(6-4-2)18-12-10(15)7-9(8-17)11(16)13(12)19-14/h7H,3-6H2,1-2H3. The van der Waals surface area contributed by atoms with Crippen LogP contribution >= 0.6 is 31.9 Å². The van der Waals surface area contributed by atoms with Crippen molar-refractivity contribution >= 4 is 31.9 Å². The molecule has 2 rings (SSSR count). The monoisotopic (exact) mass is 383 g/mol. The summed E-state index contributed by atoms with van der Waals surface area (Å²) in [6, 6.07) is 3.98. The van der Waals surface area contributed by atoms with Crippen LogP contribution in [-0.4, -0.2) is 5.66 Å². The maximum atomic E-state index is 9.14. The second kappa shape index (κ2) is 5.72. The van der Waals surface area contributed by atoms with Crippen LogP contribution in [0.1, 0.15) is 45.1 Å². The quantitative estimate of drug-likeness (QED) is 0.781. The van der Waals surface area contributed by atoms with Gasteiger partial charge in [-0.3, -0.25) is 9.98 Å². The van der Waals surface area contributed by atoms with E-state index in [2.05, 4.69) is 51.8 Å². The summed E-state index contributed by atoms with van der Waals surface area (Å²) in [5.74, 6) is 0. The Hall–Kier alpha value is -0.730. The van der Waals surface area contributed by atoms with E-state index in [-0.39, 0.29) is 5.66 Å². The van der Waals surface area contributed by atoms with Crippen LogP contribution in [-0.2, 0) is 0 Å². The van der Waals surface area contributed by atoms with Crippen molar-refractivity contribution in [2.24, 2.45) is 9.98 Å². The van der Waals surface area contributed by atoms with E-state index in [4.69, 9.17) is 15.2 Å². The van der Waals surface area contributed by atoms with Crippen molar-refractivity contribution in [1.82, 2.24) is 0 Å². The molecule has 0 spiro atoms. The first-order valence-electron chi connectivity index (χ1n) is 6.44. The fraction of sp³-hybridized carbons (Fsp3) is 0.500. The Morgan fingerprint density at radius 2 is 1.74 bits per heavy atom. The number of nitrogens with zero attached hydrogens (tertiary/aromatic N) is 3. The van der Waals surface area contributed by atoms with E-state index in [1.165, 1.54) is 0 Å². The highest BCUT2D eigenvalue weighted by atomic mass is 79.9. The van der Waals surface area contributed by atoms with Crippen molar-refractivity contribution in [1.29, 1.82) is 5.26 Å². The van der Waals surface area contributed by atoms with Crippen LogP contribution in [0.4, 0.5) is 0 Å². The van der Waals surface area contributed by atoms with Crippen LogP contribution in [0.5, 0.6) is 0 Å². The van der Waals surface area contributed by atoms with Gasteiger partial charge in [-0.15, -0.1) is 0 Å². The Morgan fingerprint density at radius 1 is 1.16 bits per heavy atom. The molecule has 1 aliphatic rings. The third kappa shape index (κ3) is 2.61. The highest BCUT2D eigenvalue weighted by molar-refractivity contribution is 9.11. The molecule has 1 heterocycles. The summed E-state index contributed by atoms with van der Waals surface area (Å²) in [7, 11) is 0. The molecule has 0 bridgehead atoms. The third-order valence-electron chi connectivity index (χ3n) is 3.23. The molecule has 1 aliphatic heterocycles. The van der Waals surface area contributed by atoms with Crippen LogP contribution in [0.25, 0.3) is 0 Å². The zero-order valence-electron chi connectivity index (χ0n) is 11.0. The van der Waals surface area contributed by atoms with Crippen LogP contribution in [0.2, 0.25) is 0 Å². The molecule has 0 saturated carbocycles. The molecule has 0 aromatic heterocycles. The number of fused-ring (bicyclic) bond motifs is 1. The molecule has 0 unspecified atom stereocenters. The zero-order valence-corrected chi connectivity index (χ0v) is 14.2. The Balaban J connectivity index is 2.70. The average Bonchev–Trinajstić information content (AvgIpc) is 2.75. The van der Waals surface area contributed by atoms with E-state index in [0.717, 1.165) is 45.3 Å². The topological polar surface area (TPSA) is 48.5 Å². The van der Waals surface area contributed by atoms with E-state index in [1.807, 2.05) is 0 Å². The van der Waals surface area contributed by atoms with Crippen LogP contribution < -0.4 is 10.7 Å². The fourth-order valence-electron chi connectivity index (χ4n) is 2.48. The first-order valence-corrected chi connectivity index (χ1v) is 8.03. The summed E-state index contributed by atoms with van der Waals surface area (Å²) in [6.45, 7) is 4.30. The van der Waals surface area contributed by atoms with Gasteiger partial charge in [0.15, 0.2) is 5.66 Å². The lowest BCUT2D eigenvalue weighted by Gasteiger charge is -2.21. The molecule has 5 heteroatoms. The number of benzene rings is 1. The largest absolute Gasteiger partial charge is 0.252 e. The summed E-state index contributed by atoms with van der Waals surface area (Å²) in [6.07, 6.45) is 3.97. The average molecular weight is 385 g/mol. The van der Waals surface area contributed by atoms with Crippen molar-refractivity contribution in [3.05, 3.63) is 31.3 Å². The van der Waals surface area contributed by atoms with Crippen LogP contribution in [0, 0.1) is 11.3 Å². The molecule has 100 valence electrons. The van der Waals surface area contributed by atoms with Gasteiger partial charge in [-0.25, -0.2) is 0 Å². The van der Waals surface area contributed by atoms with Gasteiger partial charge in [0, 0.05) is 4.47 Å². The van der Waals surface area contributed by atoms with Gasteiger partial charge in [0.05, 0.1) is 10.0 Å². The molecule has 1 aromatic carbocycles. The molecular formula is C14H15Br2N3. The predicted molar refractivity (Wildman–Crippen MR) is 81.4 cm³/mol. The van der Waals surface area contributed by atoms with Crippen LogP contribution in [0.3, 0.4) is 0 Å². The highest BCUT2D eigenvalue weighted by Gasteiger charge is 2.30. The summed E-state index contributed by atoms with van der Waals surface area (Å²) in [4.78, 5) is 9.68. The van der Waals surface area contributed by atoms with Crippen molar-refractivity contribution in [3.8, 4) is 6.07 Å². The highest BCUT2D eigenvalue weighted by Crippen LogP contribution is 2.28. The summed E-state index contributed by atoms with van der Waals surface area (Å²) < 4.78 is 1.60.